The molecule has 0 N–H and O–H groups in total. The average Bonchev–Trinajstić information content (AvgIpc) is 3.34. The van der Waals surface area contributed by atoms with Crippen molar-refractivity contribution in [2.45, 2.75) is 0 Å². The molecule has 3 nitrogen and oxygen atoms in total. The van der Waals surface area contributed by atoms with Crippen LogP contribution in [0.2, 0.25) is 0 Å². The maximum absolute atomic E-state index is 6.68. The van der Waals surface area contributed by atoms with Crippen LogP contribution in [0, 0.1) is 0 Å². The number of fused-ring (bicyclic) bond motifs is 5. The first-order chi connectivity index (χ1) is 17.9. The van der Waals surface area contributed by atoms with Gasteiger partial charge < -0.3 is 4.74 Å². The number of para-hydroxylation sites is 2. The van der Waals surface area contributed by atoms with Gasteiger partial charge in [-0.15, -0.1) is 0 Å². The van der Waals surface area contributed by atoms with Crippen molar-refractivity contribution in [1.29, 1.82) is 0 Å². The van der Waals surface area contributed by atoms with E-state index in [9.17, 15) is 0 Å². The number of ether oxygens (including phenoxy) is 1. The third-order valence-corrected chi connectivity index (χ3v) is 7.18. The minimum absolute atomic E-state index is 0.826. The molecule has 0 fully saturated rings. The van der Waals surface area contributed by atoms with Crippen molar-refractivity contribution in [2.75, 3.05) is 0 Å². The summed E-state index contributed by atoms with van der Waals surface area (Å²) < 4.78 is 8.94. The Labute approximate surface area is 207 Å². The lowest BCUT2D eigenvalue weighted by molar-refractivity contribution is 0.477. The Morgan fingerprint density at radius 3 is 2.22 bits per heavy atom. The smallest absolute Gasteiger partial charge is 0.159 e. The Morgan fingerprint density at radius 2 is 1.33 bits per heavy atom. The van der Waals surface area contributed by atoms with E-state index in [-0.39, 0.29) is 0 Å². The van der Waals surface area contributed by atoms with Crippen LogP contribution in [0.15, 0.2) is 121 Å². The Hall–Kier alpha value is -4.89. The van der Waals surface area contributed by atoms with Gasteiger partial charge in [-0.3, -0.25) is 4.57 Å². The molecule has 0 atom stereocenters. The molecule has 0 unspecified atom stereocenters. The van der Waals surface area contributed by atoms with Crippen molar-refractivity contribution in [2.24, 2.45) is 0 Å². The second kappa shape index (κ2) is 7.30. The van der Waals surface area contributed by atoms with Crippen molar-refractivity contribution in [3.8, 4) is 39.7 Å². The van der Waals surface area contributed by atoms with E-state index in [0.717, 1.165) is 50.7 Å². The third kappa shape index (κ3) is 2.65. The van der Waals surface area contributed by atoms with Crippen molar-refractivity contribution < 1.29 is 4.74 Å². The SMILES string of the molecule is c1ccc(-c2nc3cccc4c3n2-c2cccc(-c3cc5ccccc5c5ccccc35)c2O4)cc1. The van der Waals surface area contributed by atoms with Crippen LogP contribution in [0.4, 0.5) is 0 Å². The molecule has 168 valence electrons. The molecule has 0 saturated carbocycles. The van der Waals surface area contributed by atoms with E-state index >= 15 is 0 Å². The molecule has 1 aliphatic heterocycles. The van der Waals surface area contributed by atoms with Gasteiger partial charge >= 0.3 is 0 Å². The fourth-order valence-electron chi connectivity index (χ4n) is 5.60. The Balaban J connectivity index is 1.47. The van der Waals surface area contributed by atoms with Crippen LogP contribution in [0.3, 0.4) is 0 Å². The topological polar surface area (TPSA) is 27.1 Å². The highest BCUT2D eigenvalue weighted by Crippen LogP contribution is 2.49. The van der Waals surface area contributed by atoms with Gasteiger partial charge in [0.1, 0.15) is 11.3 Å². The zero-order chi connectivity index (χ0) is 23.6. The summed E-state index contributed by atoms with van der Waals surface area (Å²) in [5.41, 5.74) is 6.25. The summed E-state index contributed by atoms with van der Waals surface area (Å²) >= 11 is 0. The van der Waals surface area contributed by atoms with Gasteiger partial charge in [0.15, 0.2) is 11.5 Å². The Kier molecular flexibility index (Phi) is 3.94. The highest BCUT2D eigenvalue weighted by molar-refractivity contribution is 6.14. The van der Waals surface area contributed by atoms with Crippen LogP contribution in [0.5, 0.6) is 11.5 Å². The van der Waals surface area contributed by atoms with Crippen LogP contribution < -0.4 is 4.74 Å². The lowest BCUT2D eigenvalue weighted by Gasteiger charge is -2.24. The summed E-state index contributed by atoms with van der Waals surface area (Å²) in [6.07, 6.45) is 0. The largest absolute Gasteiger partial charge is 0.452 e. The van der Waals surface area contributed by atoms with Crippen molar-refractivity contribution in [1.82, 2.24) is 9.55 Å². The van der Waals surface area contributed by atoms with Gasteiger partial charge in [-0.05, 0) is 51.4 Å². The first-order valence-corrected chi connectivity index (χ1v) is 12.2. The van der Waals surface area contributed by atoms with Gasteiger partial charge in [0.05, 0.1) is 11.2 Å². The molecule has 0 spiro atoms. The van der Waals surface area contributed by atoms with Crippen LogP contribution in [0.25, 0.3) is 60.8 Å². The van der Waals surface area contributed by atoms with E-state index in [0.29, 0.717) is 0 Å². The van der Waals surface area contributed by atoms with E-state index in [1.807, 2.05) is 18.2 Å². The molecular formula is C33H20N2O. The predicted molar refractivity (Wildman–Crippen MR) is 147 cm³/mol. The molecule has 0 bridgehead atoms. The average molecular weight is 461 g/mol. The molecule has 6 aromatic carbocycles. The number of imidazole rings is 1. The van der Waals surface area contributed by atoms with E-state index in [4.69, 9.17) is 9.72 Å². The Bertz CT molecular complexity index is 1970. The molecule has 7 aromatic rings. The number of nitrogens with zero attached hydrogens (tertiary/aromatic N) is 2. The lowest BCUT2D eigenvalue weighted by Crippen LogP contribution is -2.07. The lowest BCUT2D eigenvalue weighted by atomic mass is 9.92. The summed E-state index contributed by atoms with van der Waals surface area (Å²) in [7, 11) is 0. The molecular weight excluding hydrogens is 440 g/mol. The first kappa shape index (κ1) is 19.4. The standard InChI is InChI=1S/C33H20N2O/c1-2-10-21(11-3-1)33-34-28-17-9-19-30-31(28)35(33)29-18-8-16-26(32(29)36-30)27-20-22-12-4-5-13-23(22)24-14-6-7-15-25(24)27/h1-20H. The molecule has 36 heavy (non-hydrogen) atoms. The van der Waals surface area contributed by atoms with Gasteiger partial charge in [0.2, 0.25) is 0 Å². The molecule has 0 aliphatic carbocycles. The van der Waals surface area contributed by atoms with E-state index in [2.05, 4.69) is 108 Å². The molecule has 8 rings (SSSR count). The van der Waals surface area contributed by atoms with Crippen LogP contribution in [-0.2, 0) is 0 Å². The fourth-order valence-corrected chi connectivity index (χ4v) is 5.60. The van der Waals surface area contributed by atoms with Gasteiger partial charge in [0, 0.05) is 11.1 Å². The fraction of sp³-hybridized carbons (Fsp3) is 0. The van der Waals surface area contributed by atoms with Crippen molar-refractivity contribution in [3.05, 3.63) is 121 Å². The zero-order valence-corrected chi connectivity index (χ0v) is 19.3. The molecule has 1 aliphatic rings. The van der Waals surface area contributed by atoms with Gasteiger partial charge in [0.25, 0.3) is 0 Å². The van der Waals surface area contributed by atoms with E-state index in [1.54, 1.807) is 0 Å². The monoisotopic (exact) mass is 460 g/mol. The highest BCUT2D eigenvalue weighted by atomic mass is 16.5. The number of hydrogen-bond acceptors (Lipinski definition) is 2. The number of rotatable bonds is 2. The number of hydrogen-bond donors (Lipinski definition) is 0. The van der Waals surface area contributed by atoms with Gasteiger partial charge in [-0.2, -0.15) is 0 Å². The molecule has 0 amide bonds. The molecule has 3 heteroatoms. The molecule has 2 heterocycles. The van der Waals surface area contributed by atoms with Crippen molar-refractivity contribution in [3.63, 3.8) is 0 Å². The van der Waals surface area contributed by atoms with Crippen molar-refractivity contribution >= 4 is 32.6 Å². The van der Waals surface area contributed by atoms with E-state index in [1.165, 1.54) is 21.5 Å². The second-order valence-corrected chi connectivity index (χ2v) is 9.21. The maximum atomic E-state index is 6.68. The zero-order valence-electron chi connectivity index (χ0n) is 19.3. The summed E-state index contributed by atoms with van der Waals surface area (Å²) in [5.74, 6) is 2.60. The summed E-state index contributed by atoms with van der Waals surface area (Å²) in [4.78, 5) is 5.03. The molecule has 0 saturated heterocycles. The normalized spacial score (nSPS) is 12.1. The minimum atomic E-state index is 0.826. The van der Waals surface area contributed by atoms with Gasteiger partial charge in [-0.1, -0.05) is 97.1 Å². The first-order valence-electron chi connectivity index (χ1n) is 12.2. The summed E-state index contributed by atoms with van der Waals surface area (Å²) in [6.45, 7) is 0. The van der Waals surface area contributed by atoms with Gasteiger partial charge in [-0.25, -0.2) is 4.98 Å². The number of aromatic nitrogens is 2. The quantitative estimate of drug-likeness (QED) is 0.241. The summed E-state index contributed by atoms with van der Waals surface area (Å²) in [5, 5.41) is 4.94. The van der Waals surface area contributed by atoms with Crippen LogP contribution in [0.1, 0.15) is 0 Å². The molecule has 0 radical (unpaired) electrons. The predicted octanol–water partition coefficient (Wildman–Crippen LogP) is 8.77. The Morgan fingerprint density at radius 1 is 0.583 bits per heavy atom. The second-order valence-electron chi connectivity index (χ2n) is 9.21. The minimum Gasteiger partial charge on any atom is -0.452 e. The van der Waals surface area contributed by atoms with Crippen LogP contribution >= 0.6 is 0 Å². The van der Waals surface area contributed by atoms with Crippen LogP contribution in [-0.4, -0.2) is 9.55 Å². The maximum Gasteiger partial charge on any atom is 0.159 e. The molecule has 1 aromatic heterocycles. The number of benzene rings is 6. The summed E-state index contributed by atoms with van der Waals surface area (Å²) in [6, 6.07) is 42.4. The highest BCUT2D eigenvalue weighted by Gasteiger charge is 2.27. The van der Waals surface area contributed by atoms with E-state index < -0.39 is 0 Å². The third-order valence-electron chi connectivity index (χ3n) is 7.18.